The lowest BCUT2D eigenvalue weighted by molar-refractivity contribution is -0.148. The molecular weight excluding hydrogens is 358 g/mol. The van der Waals surface area contributed by atoms with Gasteiger partial charge in [0.1, 0.15) is 5.60 Å². The van der Waals surface area contributed by atoms with E-state index in [9.17, 15) is 14.4 Å². The number of hydrogen-bond donors (Lipinski definition) is 2. The Morgan fingerprint density at radius 3 is 2.04 bits per heavy atom. The monoisotopic (exact) mass is 393 g/mol. The van der Waals surface area contributed by atoms with E-state index in [-0.39, 0.29) is 23.7 Å². The first-order valence-corrected chi connectivity index (χ1v) is 10.6. The molecule has 4 aliphatic carbocycles. The van der Waals surface area contributed by atoms with Gasteiger partial charge in [-0.15, -0.1) is 0 Å². The lowest BCUT2D eigenvalue weighted by Gasteiger charge is -2.55. The number of carbonyl (C=O) groups is 3. The summed E-state index contributed by atoms with van der Waals surface area (Å²) in [4.78, 5) is 38.3. The predicted molar refractivity (Wildman–Crippen MR) is 105 cm³/mol. The molecule has 0 spiro atoms. The van der Waals surface area contributed by atoms with E-state index in [0.717, 1.165) is 19.3 Å². The topological polar surface area (TPSA) is 87.7 Å². The van der Waals surface area contributed by atoms with Crippen LogP contribution >= 0.6 is 0 Å². The molecule has 4 aliphatic rings. The highest BCUT2D eigenvalue weighted by molar-refractivity contribution is 5.86. The van der Waals surface area contributed by atoms with Crippen molar-refractivity contribution in [2.75, 3.05) is 13.6 Å². The maximum absolute atomic E-state index is 12.8. The maximum atomic E-state index is 12.8. The van der Waals surface area contributed by atoms with Crippen LogP contribution in [0, 0.1) is 23.2 Å². The Hall–Kier alpha value is -1.79. The van der Waals surface area contributed by atoms with E-state index in [0.29, 0.717) is 30.7 Å². The van der Waals surface area contributed by atoms with Crippen LogP contribution in [0.3, 0.4) is 0 Å². The van der Waals surface area contributed by atoms with E-state index in [4.69, 9.17) is 4.74 Å². The molecule has 4 fully saturated rings. The Morgan fingerprint density at radius 2 is 1.54 bits per heavy atom. The second-order valence-corrected chi connectivity index (χ2v) is 10.2. The number of nitrogens with one attached hydrogen (secondary N) is 2. The Kier molecular flexibility index (Phi) is 5.92. The van der Waals surface area contributed by atoms with Crippen LogP contribution in [0.5, 0.6) is 0 Å². The third-order valence-corrected chi connectivity index (χ3v) is 6.44. The van der Waals surface area contributed by atoms with Gasteiger partial charge in [-0.1, -0.05) is 0 Å². The second kappa shape index (κ2) is 7.91. The highest BCUT2D eigenvalue weighted by atomic mass is 16.6. The van der Waals surface area contributed by atoms with E-state index < -0.39 is 11.7 Å². The molecule has 4 bridgehead atoms. The Labute approximate surface area is 167 Å². The summed E-state index contributed by atoms with van der Waals surface area (Å²) >= 11 is 0. The number of hydrogen-bond acceptors (Lipinski definition) is 4. The molecule has 28 heavy (non-hydrogen) atoms. The zero-order chi connectivity index (χ0) is 20.5. The van der Waals surface area contributed by atoms with Crippen LogP contribution < -0.4 is 10.9 Å². The third kappa shape index (κ3) is 4.97. The van der Waals surface area contributed by atoms with Crippen LogP contribution in [0.4, 0.5) is 4.79 Å². The van der Waals surface area contributed by atoms with Gasteiger partial charge in [0.2, 0.25) is 11.8 Å². The minimum absolute atomic E-state index is 0.00850. The molecule has 0 atom stereocenters. The van der Waals surface area contributed by atoms with Crippen LogP contribution in [0.15, 0.2) is 0 Å². The van der Waals surface area contributed by atoms with Gasteiger partial charge in [0.25, 0.3) is 0 Å². The minimum atomic E-state index is -0.537. The van der Waals surface area contributed by atoms with Crippen molar-refractivity contribution < 1.29 is 19.1 Å². The van der Waals surface area contributed by atoms with Gasteiger partial charge in [-0.05, 0) is 83.5 Å². The molecule has 158 valence electrons. The van der Waals surface area contributed by atoms with Gasteiger partial charge in [0, 0.05) is 20.0 Å². The smallest absolute Gasteiger partial charge is 0.410 e. The molecule has 3 amide bonds. The Balaban J connectivity index is 1.37. The van der Waals surface area contributed by atoms with Crippen LogP contribution in [0.1, 0.15) is 72.1 Å². The fourth-order valence-electron chi connectivity index (χ4n) is 5.62. The van der Waals surface area contributed by atoms with Crippen LogP contribution in [0.2, 0.25) is 0 Å². The predicted octanol–water partition coefficient (Wildman–Crippen LogP) is 3.00. The van der Waals surface area contributed by atoms with Crippen molar-refractivity contribution in [3.05, 3.63) is 0 Å². The van der Waals surface area contributed by atoms with Crippen molar-refractivity contribution in [2.24, 2.45) is 23.2 Å². The molecule has 0 aromatic rings. The zero-order valence-electron chi connectivity index (χ0n) is 17.7. The largest absolute Gasteiger partial charge is 0.444 e. The normalized spacial score (nSPS) is 30.6. The van der Waals surface area contributed by atoms with Gasteiger partial charge in [0.05, 0.1) is 5.41 Å². The van der Waals surface area contributed by atoms with Crippen LogP contribution in [0.25, 0.3) is 0 Å². The lowest BCUT2D eigenvalue weighted by atomic mass is 9.49. The van der Waals surface area contributed by atoms with Gasteiger partial charge >= 0.3 is 6.09 Å². The van der Waals surface area contributed by atoms with Gasteiger partial charge in [-0.2, -0.15) is 0 Å². The fourth-order valence-corrected chi connectivity index (χ4v) is 5.62. The summed E-state index contributed by atoms with van der Waals surface area (Å²) in [6, 6.07) is 0. The number of ether oxygens (including phenoxy) is 1. The molecule has 2 N–H and O–H groups in total. The Morgan fingerprint density at radius 1 is 1.00 bits per heavy atom. The molecule has 4 rings (SSSR count). The average molecular weight is 394 g/mol. The van der Waals surface area contributed by atoms with E-state index in [1.165, 1.54) is 24.2 Å². The number of carbonyl (C=O) groups excluding carboxylic acids is 3. The average Bonchev–Trinajstić information content (AvgIpc) is 2.56. The number of amides is 3. The molecule has 4 saturated carbocycles. The van der Waals surface area contributed by atoms with E-state index in [2.05, 4.69) is 10.9 Å². The summed E-state index contributed by atoms with van der Waals surface area (Å²) in [5, 5.41) is 0. The van der Waals surface area contributed by atoms with E-state index >= 15 is 0 Å². The summed E-state index contributed by atoms with van der Waals surface area (Å²) in [7, 11) is 1.65. The quantitative estimate of drug-likeness (QED) is 0.703. The van der Waals surface area contributed by atoms with E-state index in [1.54, 1.807) is 7.05 Å². The van der Waals surface area contributed by atoms with Crippen molar-refractivity contribution in [1.82, 2.24) is 15.8 Å². The molecule has 0 saturated heterocycles. The number of hydrazine groups is 1. The summed E-state index contributed by atoms with van der Waals surface area (Å²) in [5.74, 6) is 1.84. The fraction of sp³-hybridized carbons (Fsp3) is 0.857. The molecule has 0 aliphatic heterocycles. The molecule has 0 radical (unpaired) electrons. The standard InChI is InChI=1S/C21H35N3O4/c1-20(2,3)28-19(27)24(4)7-5-6-17(25)22-23-18(26)21-11-14-8-15(12-21)10-16(9-14)13-21/h14-16H,5-13H2,1-4H3,(H,22,25)(H,23,26). The van der Waals surface area contributed by atoms with E-state index in [1.807, 2.05) is 20.8 Å². The van der Waals surface area contributed by atoms with Crippen LogP contribution in [-0.2, 0) is 14.3 Å². The van der Waals surface area contributed by atoms with Crippen molar-refractivity contribution in [2.45, 2.75) is 77.7 Å². The second-order valence-electron chi connectivity index (χ2n) is 10.2. The highest BCUT2D eigenvalue weighted by Crippen LogP contribution is 2.60. The summed E-state index contributed by atoms with van der Waals surface area (Å²) in [5.41, 5.74) is 4.46. The summed E-state index contributed by atoms with van der Waals surface area (Å²) < 4.78 is 5.28. The molecule has 0 aromatic carbocycles. The minimum Gasteiger partial charge on any atom is -0.444 e. The van der Waals surface area contributed by atoms with Crippen molar-refractivity contribution in [3.8, 4) is 0 Å². The first-order valence-electron chi connectivity index (χ1n) is 10.6. The highest BCUT2D eigenvalue weighted by Gasteiger charge is 2.54. The number of rotatable bonds is 5. The molecule has 7 nitrogen and oxygen atoms in total. The van der Waals surface area contributed by atoms with Gasteiger partial charge in [0.15, 0.2) is 0 Å². The lowest BCUT2D eigenvalue weighted by Crippen LogP contribution is -2.56. The first kappa shape index (κ1) is 20.9. The van der Waals surface area contributed by atoms with Crippen molar-refractivity contribution in [3.63, 3.8) is 0 Å². The maximum Gasteiger partial charge on any atom is 0.410 e. The molecule has 7 heteroatoms. The summed E-state index contributed by atoms with van der Waals surface area (Å²) in [6.07, 6.45) is 7.12. The Bertz CT molecular complexity index is 590. The molecule has 0 heterocycles. The third-order valence-electron chi connectivity index (χ3n) is 6.44. The van der Waals surface area contributed by atoms with Crippen molar-refractivity contribution >= 4 is 17.9 Å². The summed E-state index contributed by atoms with van der Waals surface area (Å²) in [6.45, 7) is 5.88. The number of nitrogens with zero attached hydrogens (tertiary/aromatic N) is 1. The van der Waals surface area contributed by atoms with Crippen molar-refractivity contribution in [1.29, 1.82) is 0 Å². The van der Waals surface area contributed by atoms with Gasteiger partial charge in [-0.25, -0.2) is 4.79 Å². The first-order chi connectivity index (χ1) is 13.1. The van der Waals surface area contributed by atoms with Gasteiger partial charge < -0.3 is 9.64 Å². The molecule has 0 aromatic heterocycles. The van der Waals surface area contributed by atoms with Gasteiger partial charge in [-0.3, -0.25) is 20.4 Å². The molecule has 0 unspecified atom stereocenters. The van der Waals surface area contributed by atoms with Crippen LogP contribution in [-0.4, -0.2) is 42.0 Å². The molecular formula is C21H35N3O4. The SMILES string of the molecule is CN(CCCC(=O)NNC(=O)C12CC3CC(CC(C3)C1)C2)C(=O)OC(C)(C)C. The zero-order valence-corrected chi connectivity index (χ0v) is 17.7.